The number of aromatic nitrogens is 1. The molecule has 0 spiro atoms. The van der Waals surface area contributed by atoms with E-state index < -0.39 is 0 Å². The van der Waals surface area contributed by atoms with E-state index in [1.807, 2.05) is 18.2 Å². The molecule has 3 aromatic rings. The van der Waals surface area contributed by atoms with Gasteiger partial charge in [0.1, 0.15) is 0 Å². The van der Waals surface area contributed by atoms with Gasteiger partial charge in [-0.25, -0.2) is 0 Å². The number of carbonyl (C=O) groups excluding carboxylic acids is 1. The number of ether oxygens (including phenoxy) is 1. The summed E-state index contributed by atoms with van der Waals surface area (Å²) in [4.78, 5) is 11.8. The summed E-state index contributed by atoms with van der Waals surface area (Å²) in [7, 11) is 2.07. The van der Waals surface area contributed by atoms with Crippen molar-refractivity contribution in [3.63, 3.8) is 0 Å². The Hall–Kier alpha value is -2.75. The number of aryl methyl sites for hydroxylation is 2. The highest BCUT2D eigenvalue weighted by molar-refractivity contribution is 5.97. The highest BCUT2D eigenvalue weighted by atomic mass is 16.5. The monoisotopic (exact) mass is 306 g/mol. The van der Waals surface area contributed by atoms with Crippen molar-refractivity contribution in [2.24, 2.45) is 7.05 Å². The Morgan fingerprint density at radius 1 is 1.13 bits per heavy atom. The summed E-state index contributed by atoms with van der Waals surface area (Å²) in [5.41, 5.74) is 5.29. The van der Waals surface area contributed by atoms with E-state index in [0.717, 1.165) is 22.7 Å². The first kappa shape index (κ1) is 13.9. The van der Waals surface area contributed by atoms with Crippen LogP contribution >= 0.6 is 0 Å². The Morgan fingerprint density at radius 2 is 1.96 bits per heavy atom. The predicted molar refractivity (Wildman–Crippen MR) is 91.8 cm³/mol. The number of amides is 1. The van der Waals surface area contributed by atoms with E-state index in [1.54, 1.807) is 0 Å². The van der Waals surface area contributed by atoms with Gasteiger partial charge in [-0.15, -0.1) is 0 Å². The molecule has 23 heavy (non-hydrogen) atoms. The Balaban J connectivity index is 1.99. The van der Waals surface area contributed by atoms with Crippen molar-refractivity contribution in [3.8, 4) is 17.0 Å². The normalized spacial score (nSPS) is 14.1. The number of nitrogens with one attached hydrogen (secondary N) is 1. The Bertz CT molecular complexity index is 886. The van der Waals surface area contributed by atoms with Gasteiger partial charge in [0.15, 0.2) is 5.75 Å². The fraction of sp³-hybridized carbons (Fsp3) is 0.211. The summed E-state index contributed by atoms with van der Waals surface area (Å²) in [6.07, 6.45) is 0.377. The minimum atomic E-state index is -0.00494. The van der Waals surface area contributed by atoms with Crippen LogP contribution in [-0.4, -0.2) is 17.1 Å². The van der Waals surface area contributed by atoms with E-state index in [9.17, 15) is 4.79 Å². The van der Waals surface area contributed by atoms with E-state index >= 15 is 0 Å². The van der Waals surface area contributed by atoms with Crippen LogP contribution in [0.25, 0.3) is 22.2 Å². The van der Waals surface area contributed by atoms with Crippen molar-refractivity contribution in [1.82, 2.24) is 4.57 Å². The van der Waals surface area contributed by atoms with Gasteiger partial charge in [-0.1, -0.05) is 24.3 Å². The molecular weight excluding hydrogens is 288 g/mol. The van der Waals surface area contributed by atoms with E-state index in [1.165, 1.54) is 16.5 Å². The van der Waals surface area contributed by atoms with Crippen LogP contribution in [0.3, 0.4) is 0 Å². The van der Waals surface area contributed by atoms with E-state index in [2.05, 4.69) is 48.1 Å². The number of para-hydroxylation sites is 2. The number of benzene rings is 2. The summed E-state index contributed by atoms with van der Waals surface area (Å²) < 4.78 is 8.10. The molecule has 1 aromatic heterocycles. The molecule has 0 fully saturated rings. The minimum absolute atomic E-state index is 0.00494. The maximum absolute atomic E-state index is 11.8. The lowest BCUT2D eigenvalue weighted by atomic mass is 10.0. The lowest BCUT2D eigenvalue weighted by Gasteiger charge is -2.14. The fourth-order valence-corrected chi connectivity index (χ4v) is 3.40. The van der Waals surface area contributed by atoms with Crippen LogP contribution in [0.15, 0.2) is 42.5 Å². The maximum Gasteiger partial charge on any atom is 0.227 e. The molecule has 1 amide bonds. The molecule has 0 atom stereocenters. The summed E-state index contributed by atoms with van der Waals surface area (Å²) in [5.74, 6) is 0.752. The molecule has 0 aliphatic carbocycles. The zero-order valence-corrected chi connectivity index (χ0v) is 13.2. The Morgan fingerprint density at radius 3 is 2.78 bits per heavy atom. The molecule has 4 heteroatoms. The summed E-state index contributed by atoms with van der Waals surface area (Å²) in [5, 5.41) is 4.17. The summed E-state index contributed by atoms with van der Waals surface area (Å²) in [6, 6.07) is 14.3. The van der Waals surface area contributed by atoms with Crippen molar-refractivity contribution in [2.75, 3.05) is 11.9 Å². The Labute approximate surface area is 134 Å². The molecule has 0 unspecified atom stereocenters. The van der Waals surface area contributed by atoms with Crippen LogP contribution in [0.4, 0.5) is 5.69 Å². The zero-order valence-electron chi connectivity index (χ0n) is 13.2. The first-order valence-electron chi connectivity index (χ1n) is 7.77. The van der Waals surface area contributed by atoms with Crippen LogP contribution in [0.5, 0.6) is 5.75 Å². The number of anilines is 1. The number of hydrogen-bond acceptors (Lipinski definition) is 2. The average Bonchev–Trinajstić information content (AvgIpc) is 2.70. The van der Waals surface area contributed by atoms with Gasteiger partial charge in [0.05, 0.1) is 24.4 Å². The number of hydrogen-bond donors (Lipinski definition) is 1. The summed E-state index contributed by atoms with van der Waals surface area (Å²) >= 11 is 0. The number of rotatable bonds is 1. The van der Waals surface area contributed by atoms with Crippen molar-refractivity contribution >= 4 is 22.5 Å². The van der Waals surface area contributed by atoms with Crippen LogP contribution in [0, 0.1) is 6.92 Å². The minimum Gasteiger partial charge on any atom is -0.490 e. The SMILES string of the molecule is Cc1c(-c2cccc3c2OCCC(=O)N3)n(C)c2ccccc12. The van der Waals surface area contributed by atoms with Crippen molar-refractivity contribution in [1.29, 1.82) is 0 Å². The molecule has 0 saturated heterocycles. The van der Waals surface area contributed by atoms with Crippen LogP contribution < -0.4 is 10.1 Å². The largest absolute Gasteiger partial charge is 0.490 e. The van der Waals surface area contributed by atoms with Gasteiger partial charge >= 0.3 is 0 Å². The second-order valence-corrected chi connectivity index (χ2v) is 5.88. The quantitative estimate of drug-likeness (QED) is 0.741. The van der Waals surface area contributed by atoms with E-state index in [-0.39, 0.29) is 5.91 Å². The lowest BCUT2D eigenvalue weighted by molar-refractivity contribution is -0.116. The van der Waals surface area contributed by atoms with E-state index in [4.69, 9.17) is 4.74 Å². The topological polar surface area (TPSA) is 43.3 Å². The molecular formula is C19H18N2O2. The molecule has 1 aliphatic heterocycles. The van der Waals surface area contributed by atoms with Gasteiger partial charge in [0, 0.05) is 23.5 Å². The van der Waals surface area contributed by atoms with Crippen LogP contribution in [0.1, 0.15) is 12.0 Å². The van der Waals surface area contributed by atoms with Gasteiger partial charge in [-0.3, -0.25) is 4.79 Å². The van der Waals surface area contributed by atoms with Crippen molar-refractivity contribution in [2.45, 2.75) is 13.3 Å². The second-order valence-electron chi connectivity index (χ2n) is 5.88. The molecule has 2 aromatic carbocycles. The van der Waals surface area contributed by atoms with Gasteiger partial charge in [-0.2, -0.15) is 0 Å². The first-order chi connectivity index (χ1) is 11.2. The average molecular weight is 306 g/mol. The Kier molecular flexibility index (Phi) is 3.11. The third-order valence-corrected chi connectivity index (χ3v) is 4.48. The predicted octanol–water partition coefficient (Wildman–Crippen LogP) is 3.87. The van der Waals surface area contributed by atoms with E-state index in [0.29, 0.717) is 13.0 Å². The number of carbonyl (C=O) groups is 1. The molecule has 2 heterocycles. The lowest BCUT2D eigenvalue weighted by Crippen LogP contribution is -2.10. The molecule has 4 nitrogen and oxygen atoms in total. The van der Waals surface area contributed by atoms with Gasteiger partial charge in [0.25, 0.3) is 0 Å². The number of nitrogens with zero attached hydrogens (tertiary/aromatic N) is 1. The third-order valence-electron chi connectivity index (χ3n) is 4.48. The van der Waals surface area contributed by atoms with Crippen LogP contribution in [0.2, 0.25) is 0 Å². The van der Waals surface area contributed by atoms with Gasteiger partial charge < -0.3 is 14.6 Å². The molecule has 4 rings (SSSR count). The smallest absolute Gasteiger partial charge is 0.227 e. The van der Waals surface area contributed by atoms with Gasteiger partial charge in [-0.05, 0) is 30.7 Å². The fourth-order valence-electron chi connectivity index (χ4n) is 3.40. The summed E-state index contributed by atoms with van der Waals surface area (Å²) in [6.45, 7) is 2.53. The molecule has 0 radical (unpaired) electrons. The second kappa shape index (κ2) is 5.16. The molecule has 1 aliphatic rings. The molecule has 116 valence electrons. The number of fused-ring (bicyclic) bond motifs is 2. The maximum atomic E-state index is 11.8. The molecule has 1 N–H and O–H groups in total. The highest BCUT2D eigenvalue weighted by Gasteiger charge is 2.21. The molecule has 0 saturated carbocycles. The zero-order chi connectivity index (χ0) is 16.0. The first-order valence-corrected chi connectivity index (χ1v) is 7.77. The van der Waals surface area contributed by atoms with Crippen LogP contribution in [-0.2, 0) is 11.8 Å². The third kappa shape index (κ3) is 2.10. The highest BCUT2D eigenvalue weighted by Crippen LogP contribution is 2.41. The van der Waals surface area contributed by atoms with Crippen molar-refractivity contribution in [3.05, 3.63) is 48.0 Å². The van der Waals surface area contributed by atoms with Crippen molar-refractivity contribution < 1.29 is 9.53 Å². The van der Waals surface area contributed by atoms with Gasteiger partial charge in [0.2, 0.25) is 5.91 Å². The molecule has 0 bridgehead atoms. The standard InChI is InChI=1S/C19H18N2O2/c1-12-13-6-3-4-9-16(13)21(2)18(12)14-7-5-8-15-19(14)23-11-10-17(22)20-15/h3-9H,10-11H2,1-2H3,(H,20,22).